The average molecular weight is 483 g/mol. The number of ether oxygens (including phenoxy) is 1. The number of aromatic hydroxyl groups is 1. The molecule has 10 heteroatoms. The molecule has 2 aromatic rings. The topological polar surface area (TPSA) is 104 Å². The van der Waals surface area contributed by atoms with Crippen molar-refractivity contribution in [2.45, 2.75) is 4.90 Å². The number of piperazine rings is 1. The van der Waals surface area contributed by atoms with Crippen LogP contribution >= 0.6 is 15.9 Å². The van der Waals surface area contributed by atoms with E-state index in [2.05, 4.69) is 15.9 Å². The number of rotatable bonds is 5. The number of halogens is 1. The largest absolute Gasteiger partial charge is 0.507 e. The fraction of sp³-hybridized carbons (Fsp3) is 0.263. The van der Waals surface area contributed by atoms with Crippen LogP contribution in [0.15, 0.2) is 57.9 Å². The Balaban J connectivity index is 1.54. The number of hydrogen-bond acceptors (Lipinski definition) is 6. The number of phenols is 1. The van der Waals surface area contributed by atoms with Crippen LogP contribution in [0.5, 0.6) is 5.75 Å². The standard InChI is InChI=1S/C19H19BrN2O6S/c20-14-6-7-17(23)16(12-14)19(25)28-13-18(24)21-8-10-22(11-9-21)29(26,27)15-4-2-1-3-5-15/h1-7,12,23H,8-11,13H2. The van der Waals surface area contributed by atoms with Gasteiger partial charge in [0.2, 0.25) is 10.0 Å². The molecule has 0 bridgehead atoms. The number of carbonyl (C=O) groups excluding carboxylic acids is 2. The van der Waals surface area contributed by atoms with Gasteiger partial charge in [0.15, 0.2) is 6.61 Å². The maximum Gasteiger partial charge on any atom is 0.342 e. The first-order chi connectivity index (χ1) is 13.8. The van der Waals surface area contributed by atoms with Gasteiger partial charge >= 0.3 is 5.97 Å². The van der Waals surface area contributed by atoms with Crippen molar-refractivity contribution in [3.63, 3.8) is 0 Å². The van der Waals surface area contributed by atoms with Crippen LogP contribution in [0.3, 0.4) is 0 Å². The molecule has 29 heavy (non-hydrogen) atoms. The number of carbonyl (C=O) groups is 2. The van der Waals surface area contributed by atoms with Crippen molar-refractivity contribution in [3.8, 4) is 5.75 Å². The Morgan fingerprint density at radius 1 is 1.03 bits per heavy atom. The van der Waals surface area contributed by atoms with Gasteiger partial charge in [-0.15, -0.1) is 0 Å². The molecule has 0 atom stereocenters. The van der Waals surface area contributed by atoms with Crippen LogP contribution in [-0.4, -0.2) is 67.4 Å². The molecule has 1 saturated heterocycles. The lowest BCUT2D eigenvalue weighted by atomic mass is 10.2. The monoisotopic (exact) mass is 482 g/mol. The lowest BCUT2D eigenvalue weighted by Crippen LogP contribution is -2.51. The third-order valence-electron chi connectivity index (χ3n) is 4.48. The van der Waals surface area contributed by atoms with E-state index in [0.717, 1.165) is 0 Å². The van der Waals surface area contributed by atoms with E-state index in [-0.39, 0.29) is 42.4 Å². The first kappa shape index (κ1) is 21.3. The van der Waals surface area contributed by atoms with E-state index in [1.165, 1.54) is 33.5 Å². The number of hydrogen-bond donors (Lipinski definition) is 1. The zero-order valence-electron chi connectivity index (χ0n) is 15.3. The summed E-state index contributed by atoms with van der Waals surface area (Å²) in [4.78, 5) is 26.1. The van der Waals surface area contributed by atoms with Gasteiger partial charge in [0.25, 0.3) is 5.91 Å². The Hall–Kier alpha value is -2.43. The van der Waals surface area contributed by atoms with Crippen molar-refractivity contribution >= 4 is 37.8 Å². The summed E-state index contributed by atoms with van der Waals surface area (Å²) in [6, 6.07) is 12.4. The van der Waals surface area contributed by atoms with Crippen molar-refractivity contribution < 1.29 is 27.9 Å². The molecule has 1 N–H and O–H groups in total. The number of nitrogens with zero attached hydrogens (tertiary/aromatic N) is 2. The van der Waals surface area contributed by atoms with Gasteiger partial charge in [-0.1, -0.05) is 34.1 Å². The highest BCUT2D eigenvalue weighted by molar-refractivity contribution is 9.10. The highest BCUT2D eigenvalue weighted by Crippen LogP contribution is 2.22. The predicted molar refractivity (Wildman–Crippen MR) is 108 cm³/mol. The van der Waals surface area contributed by atoms with Crippen LogP contribution in [-0.2, 0) is 19.6 Å². The van der Waals surface area contributed by atoms with Gasteiger partial charge in [0.1, 0.15) is 11.3 Å². The van der Waals surface area contributed by atoms with Gasteiger partial charge in [-0.05, 0) is 30.3 Å². The van der Waals surface area contributed by atoms with E-state index in [1.54, 1.807) is 24.3 Å². The van der Waals surface area contributed by atoms with Gasteiger partial charge in [-0.3, -0.25) is 4.79 Å². The van der Waals surface area contributed by atoms with E-state index in [9.17, 15) is 23.1 Å². The minimum atomic E-state index is -3.60. The van der Waals surface area contributed by atoms with Crippen LogP contribution in [0.2, 0.25) is 0 Å². The molecule has 0 aromatic heterocycles. The van der Waals surface area contributed by atoms with E-state index in [0.29, 0.717) is 4.47 Å². The Morgan fingerprint density at radius 2 is 1.69 bits per heavy atom. The maximum absolute atomic E-state index is 12.6. The highest BCUT2D eigenvalue weighted by atomic mass is 79.9. The molecular formula is C19H19BrN2O6S. The lowest BCUT2D eigenvalue weighted by Gasteiger charge is -2.33. The molecule has 0 radical (unpaired) electrons. The van der Waals surface area contributed by atoms with Gasteiger partial charge in [-0.25, -0.2) is 13.2 Å². The number of benzene rings is 2. The minimum absolute atomic E-state index is 0.0500. The smallest absolute Gasteiger partial charge is 0.342 e. The van der Waals surface area contributed by atoms with Crippen molar-refractivity contribution in [1.29, 1.82) is 0 Å². The van der Waals surface area contributed by atoms with Gasteiger partial charge in [0.05, 0.1) is 4.90 Å². The summed E-state index contributed by atoms with van der Waals surface area (Å²) >= 11 is 3.20. The minimum Gasteiger partial charge on any atom is -0.507 e. The fourth-order valence-corrected chi connectivity index (χ4v) is 4.69. The van der Waals surface area contributed by atoms with Gasteiger partial charge in [-0.2, -0.15) is 4.31 Å². The Kier molecular flexibility index (Phi) is 6.56. The third-order valence-corrected chi connectivity index (χ3v) is 6.88. The van der Waals surface area contributed by atoms with Crippen molar-refractivity contribution in [2.75, 3.05) is 32.8 Å². The zero-order valence-corrected chi connectivity index (χ0v) is 17.7. The summed E-state index contributed by atoms with van der Waals surface area (Å²) in [7, 11) is -3.60. The molecule has 154 valence electrons. The molecule has 0 spiro atoms. The molecule has 2 aromatic carbocycles. The van der Waals surface area contributed by atoms with Crippen LogP contribution in [0.4, 0.5) is 0 Å². The van der Waals surface area contributed by atoms with Crippen molar-refractivity contribution in [2.24, 2.45) is 0 Å². The normalized spacial score (nSPS) is 15.1. The van der Waals surface area contributed by atoms with Crippen LogP contribution < -0.4 is 0 Å². The highest BCUT2D eigenvalue weighted by Gasteiger charge is 2.30. The summed E-state index contributed by atoms with van der Waals surface area (Å²) in [5.41, 5.74) is -0.0500. The SMILES string of the molecule is O=C(OCC(=O)N1CCN(S(=O)(=O)c2ccccc2)CC1)c1cc(Br)ccc1O. The Labute approximate surface area is 176 Å². The average Bonchev–Trinajstić information content (AvgIpc) is 2.74. The fourth-order valence-electron chi connectivity index (χ4n) is 2.89. The molecule has 0 aliphatic carbocycles. The second-order valence-corrected chi connectivity index (χ2v) is 9.19. The van der Waals surface area contributed by atoms with Gasteiger partial charge < -0.3 is 14.7 Å². The molecule has 1 aliphatic heterocycles. The van der Waals surface area contributed by atoms with Crippen LogP contribution in [0.1, 0.15) is 10.4 Å². The van der Waals surface area contributed by atoms with Gasteiger partial charge in [0, 0.05) is 30.7 Å². The summed E-state index contributed by atoms with van der Waals surface area (Å²) in [5.74, 6) is -1.49. The van der Waals surface area contributed by atoms with E-state index in [1.807, 2.05) is 0 Å². The zero-order chi connectivity index (χ0) is 21.0. The van der Waals surface area contributed by atoms with E-state index < -0.39 is 28.5 Å². The molecule has 1 heterocycles. The number of amides is 1. The third kappa shape index (κ3) is 4.95. The summed E-state index contributed by atoms with van der Waals surface area (Å²) < 4.78 is 32.2. The molecule has 1 aliphatic rings. The van der Waals surface area contributed by atoms with E-state index >= 15 is 0 Å². The second kappa shape index (κ2) is 8.93. The molecular weight excluding hydrogens is 464 g/mol. The maximum atomic E-state index is 12.6. The summed E-state index contributed by atoms with van der Waals surface area (Å²) in [6.45, 7) is 0.220. The molecule has 0 unspecified atom stereocenters. The number of phenolic OH excluding ortho intramolecular Hbond substituents is 1. The predicted octanol–water partition coefficient (Wildman–Crippen LogP) is 1.84. The van der Waals surface area contributed by atoms with Crippen molar-refractivity contribution in [3.05, 3.63) is 58.6 Å². The van der Waals surface area contributed by atoms with Crippen LogP contribution in [0.25, 0.3) is 0 Å². The molecule has 3 rings (SSSR count). The van der Waals surface area contributed by atoms with E-state index in [4.69, 9.17) is 4.74 Å². The Morgan fingerprint density at radius 3 is 2.34 bits per heavy atom. The Bertz CT molecular complexity index is 1000. The molecule has 1 fully saturated rings. The first-order valence-electron chi connectivity index (χ1n) is 8.77. The lowest BCUT2D eigenvalue weighted by molar-refractivity contribution is -0.135. The number of esters is 1. The first-order valence-corrected chi connectivity index (χ1v) is 11.0. The van der Waals surface area contributed by atoms with Crippen LogP contribution in [0, 0.1) is 0 Å². The second-order valence-electron chi connectivity index (χ2n) is 6.34. The summed E-state index contributed by atoms with van der Waals surface area (Å²) in [6.07, 6.45) is 0. The molecule has 0 saturated carbocycles. The molecule has 1 amide bonds. The quantitative estimate of drug-likeness (QED) is 0.652. The molecule has 8 nitrogen and oxygen atoms in total. The summed E-state index contributed by atoms with van der Waals surface area (Å²) in [5, 5.41) is 9.74. The number of sulfonamides is 1. The van der Waals surface area contributed by atoms with Crippen molar-refractivity contribution in [1.82, 2.24) is 9.21 Å².